The third-order valence-corrected chi connectivity index (χ3v) is 2.91. The molecule has 1 aromatic carbocycles. The second kappa shape index (κ2) is 4.67. The molecular weight excluding hydrogens is 217 g/mol. The number of benzene rings is 1. The van der Waals surface area contributed by atoms with Crippen molar-refractivity contribution < 1.29 is 4.39 Å². The van der Waals surface area contributed by atoms with Crippen molar-refractivity contribution in [2.24, 2.45) is 12.8 Å². The summed E-state index contributed by atoms with van der Waals surface area (Å²) in [6.45, 7) is 2.58. The first-order valence-electron chi connectivity index (χ1n) is 5.62. The van der Waals surface area contributed by atoms with Crippen molar-refractivity contribution in [2.45, 2.75) is 13.3 Å². The van der Waals surface area contributed by atoms with E-state index >= 15 is 0 Å². The standard InChI is InChI=1S/C13H16FN3/c1-9-12(6-7-15)17(2)16-13(9)10-4-3-5-11(14)8-10/h3-5,8H,6-7,15H2,1-2H3. The topological polar surface area (TPSA) is 43.8 Å². The predicted molar refractivity (Wildman–Crippen MR) is 66.1 cm³/mol. The Labute approximate surface area is 100 Å². The Hall–Kier alpha value is -1.68. The summed E-state index contributed by atoms with van der Waals surface area (Å²) >= 11 is 0. The lowest BCUT2D eigenvalue weighted by Gasteiger charge is -2.00. The van der Waals surface area contributed by atoms with Gasteiger partial charge in [-0.25, -0.2) is 4.39 Å². The van der Waals surface area contributed by atoms with Gasteiger partial charge in [-0.2, -0.15) is 5.10 Å². The molecule has 0 aliphatic carbocycles. The molecule has 4 heteroatoms. The quantitative estimate of drug-likeness (QED) is 0.881. The van der Waals surface area contributed by atoms with Crippen LogP contribution in [0.1, 0.15) is 11.3 Å². The Balaban J connectivity index is 2.50. The average Bonchev–Trinajstić information content (AvgIpc) is 2.57. The van der Waals surface area contributed by atoms with E-state index in [9.17, 15) is 4.39 Å². The van der Waals surface area contributed by atoms with Crippen LogP contribution in [0.15, 0.2) is 24.3 Å². The van der Waals surface area contributed by atoms with Crippen LogP contribution < -0.4 is 5.73 Å². The smallest absolute Gasteiger partial charge is 0.123 e. The van der Waals surface area contributed by atoms with Crippen molar-refractivity contribution in [1.29, 1.82) is 0 Å². The van der Waals surface area contributed by atoms with Crippen LogP contribution in [0.5, 0.6) is 0 Å². The van der Waals surface area contributed by atoms with Gasteiger partial charge in [0.15, 0.2) is 0 Å². The Morgan fingerprint density at radius 2 is 2.18 bits per heavy atom. The third kappa shape index (κ3) is 2.22. The fourth-order valence-electron chi connectivity index (χ4n) is 2.06. The van der Waals surface area contributed by atoms with Gasteiger partial charge in [-0.15, -0.1) is 0 Å². The highest BCUT2D eigenvalue weighted by Crippen LogP contribution is 2.25. The van der Waals surface area contributed by atoms with Gasteiger partial charge in [-0.1, -0.05) is 12.1 Å². The maximum Gasteiger partial charge on any atom is 0.123 e. The number of aromatic nitrogens is 2. The van der Waals surface area contributed by atoms with Gasteiger partial charge < -0.3 is 5.73 Å². The number of hydrogen-bond acceptors (Lipinski definition) is 2. The second-order valence-corrected chi connectivity index (χ2v) is 4.09. The molecule has 0 fully saturated rings. The monoisotopic (exact) mass is 233 g/mol. The van der Waals surface area contributed by atoms with Gasteiger partial charge in [0, 0.05) is 24.7 Å². The molecule has 0 unspecified atom stereocenters. The van der Waals surface area contributed by atoms with Crippen LogP contribution in [0.4, 0.5) is 4.39 Å². The van der Waals surface area contributed by atoms with Gasteiger partial charge in [0.05, 0.1) is 5.69 Å². The SMILES string of the molecule is Cc1c(-c2cccc(F)c2)nn(C)c1CCN. The number of rotatable bonds is 3. The summed E-state index contributed by atoms with van der Waals surface area (Å²) in [6, 6.07) is 6.50. The first-order chi connectivity index (χ1) is 8.13. The van der Waals surface area contributed by atoms with Crippen molar-refractivity contribution in [3.8, 4) is 11.3 Å². The van der Waals surface area contributed by atoms with E-state index in [-0.39, 0.29) is 5.82 Å². The van der Waals surface area contributed by atoms with Gasteiger partial charge in [0.1, 0.15) is 5.82 Å². The number of aryl methyl sites for hydroxylation is 1. The van der Waals surface area contributed by atoms with E-state index in [4.69, 9.17) is 5.73 Å². The zero-order valence-corrected chi connectivity index (χ0v) is 10.1. The van der Waals surface area contributed by atoms with Crippen LogP contribution in [0.25, 0.3) is 11.3 Å². The molecule has 0 aliphatic heterocycles. The van der Waals surface area contributed by atoms with E-state index in [0.29, 0.717) is 6.54 Å². The Kier molecular flexibility index (Phi) is 3.24. The lowest BCUT2D eigenvalue weighted by atomic mass is 10.1. The molecule has 0 saturated carbocycles. The maximum absolute atomic E-state index is 13.2. The Bertz CT molecular complexity index is 531. The lowest BCUT2D eigenvalue weighted by molar-refractivity contribution is 0.628. The minimum atomic E-state index is -0.243. The minimum absolute atomic E-state index is 0.243. The largest absolute Gasteiger partial charge is 0.330 e. The van der Waals surface area contributed by atoms with Gasteiger partial charge in [-0.3, -0.25) is 4.68 Å². The lowest BCUT2D eigenvalue weighted by Crippen LogP contribution is -2.08. The molecular formula is C13H16FN3. The van der Waals surface area contributed by atoms with Gasteiger partial charge in [0.2, 0.25) is 0 Å². The van der Waals surface area contributed by atoms with E-state index in [2.05, 4.69) is 5.10 Å². The number of nitrogens with zero attached hydrogens (tertiary/aromatic N) is 2. The number of nitrogens with two attached hydrogens (primary N) is 1. The highest BCUT2D eigenvalue weighted by molar-refractivity contribution is 5.63. The van der Waals surface area contributed by atoms with E-state index < -0.39 is 0 Å². The first kappa shape index (κ1) is 11.8. The summed E-state index contributed by atoms with van der Waals surface area (Å²) < 4.78 is 15.0. The zero-order valence-electron chi connectivity index (χ0n) is 10.1. The summed E-state index contributed by atoms with van der Waals surface area (Å²) in [5.74, 6) is -0.243. The normalized spacial score (nSPS) is 10.8. The van der Waals surface area contributed by atoms with Crippen LogP contribution in [-0.2, 0) is 13.5 Å². The molecule has 0 bridgehead atoms. The predicted octanol–water partition coefficient (Wildman–Crippen LogP) is 2.04. The molecule has 90 valence electrons. The Morgan fingerprint density at radius 1 is 1.41 bits per heavy atom. The number of hydrogen-bond donors (Lipinski definition) is 1. The summed E-state index contributed by atoms with van der Waals surface area (Å²) in [5, 5.41) is 4.43. The molecule has 0 amide bonds. The molecule has 0 radical (unpaired) electrons. The van der Waals surface area contributed by atoms with Crippen LogP contribution >= 0.6 is 0 Å². The molecule has 0 saturated heterocycles. The van der Waals surface area contributed by atoms with Gasteiger partial charge in [-0.05, 0) is 31.2 Å². The van der Waals surface area contributed by atoms with Gasteiger partial charge in [0.25, 0.3) is 0 Å². The van der Waals surface area contributed by atoms with Crippen LogP contribution in [0, 0.1) is 12.7 Å². The maximum atomic E-state index is 13.2. The third-order valence-electron chi connectivity index (χ3n) is 2.91. The van der Waals surface area contributed by atoms with Crippen molar-refractivity contribution in [3.63, 3.8) is 0 Å². The molecule has 2 N–H and O–H groups in total. The van der Waals surface area contributed by atoms with E-state index in [1.165, 1.54) is 12.1 Å². The van der Waals surface area contributed by atoms with Crippen LogP contribution in [-0.4, -0.2) is 16.3 Å². The molecule has 0 spiro atoms. The molecule has 17 heavy (non-hydrogen) atoms. The van der Waals surface area contributed by atoms with Crippen LogP contribution in [0.3, 0.4) is 0 Å². The van der Waals surface area contributed by atoms with Crippen molar-refractivity contribution in [2.75, 3.05) is 6.54 Å². The summed E-state index contributed by atoms with van der Waals surface area (Å²) in [4.78, 5) is 0. The van der Waals surface area contributed by atoms with E-state index in [1.54, 1.807) is 6.07 Å². The number of halogens is 1. The van der Waals surface area contributed by atoms with Crippen molar-refractivity contribution in [3.05, 3.63) is 41.3 Å². The van der Waals surface area contributed by atoms with Crippen molar-refractivity contribution in [1.82, 2.24) is 9.78 Å². The molecule has 2 rings (SSSR count). The zero-order chi connectivity index (χ0) is 12.4. The molecule has 0 aliphatic rings. The molecule has 1 heterocycles. The first-order valence-corrected chi connectivity index (χ1v) is 5.62. The average molecular weight is 233 g/mol. The van der Waals surface area contributed by atoms with E-state index in [1.807, 2.05) is 24.7 Å². The molecule has 2 aromatic rings. The van der Waals surface area contributed by atoms with E-state index in [0.717, 1.165) is 28.9 Å². The second-order valence-electron chi connectivity index (χ2n) is 4.09. The fraction of sp³-hybridized carbons (Fsp3) is 0.308. The summed E-state index contributed by atoms with van der Waals surface area (Å²) in [5.41, 5.74) is 9.38. The van der Waals surface area contributed by atoms with Crippen molar-refractivity contribution >= 4 is 0 Å². The summed E-state index contributed by atoms with van der Waals surface area (Å²) in [7, 11) is 1.89. The van der Waals surface area contributed by atoms with Crippen LogP contribution in [0.2, 0.25) is 0 Å². The molecule has 3 nitrogen and oxygen atoms in total. The van der Waals surface area contributed by atoms with Gasteiger partial charge >= 0.3 is 0 Å². The Morgan fingerprint density at radius 3 is 2.82 bits per heavy atom. The molecule has 0 atom stereocenters. The summed E-state index contributed by atoms with van der Waals surface area (Å²) in [6.07, 6.45) is 0.782. The highest BCUT2D eigenvalue weighted by Gasteiger charge is 2.13. The molecule has 1 aromatic heterocycles. The fourth-order valence-corrected chi connectivity index (χ4v) is 2.06. The highest BCUT2D eigenvalue weighted by atomic mass is 19.1. The minimum Gasteiger partial charge on any atom is -0.330 e.